The number of carbonyl (C=O) groups excluding carboxylic acids is 1. The number of anilines is 1. The molecule has 7 heteroatoms. The molecule has 21 heavy (non-hydrogen) atoms. The Balaban J connectivity index is 2.09. The summed E-state index contributed by atoms with van der Waals surface area (Å²) in [6.07, 6.45) is 2.17. The molecule has 1 saturated heterocycles. The van der Waals surface area contributed by atoms with Gasteiger partial charge in [-0.1, -0.05) is 0 Å². The van der Waals surface area contributed by atoms with Crippen LogP contribution in [0.2, 0.25) is 0 Å². The molecule has 6 nitrogen and oxygen atoms in total. The van der Waals surface area contributed by atoms with Gasteiger partial charge in [0, 0.05) is 31.0 Å². The molecule has 1 atom stereocenters. The molecule has 1 N–H and O–H groups in total. The second kappa shape index (κ2) is 6.43. The topological polar surface area (TPSA) is 79.4 Å². The van der Waals surface area contributed by atoms with Gasteiger partial charge in [0.25, 0.3) is 5.91 Å². The number of hydrogen-bond acceptors (Lipinski definition) is 5. The van der Waals surface area contributed by atoms with Gasteiger partial charge in [-0.25, -0.2) is 8.42 Å². The molecule has 1 unspecified atom stereocenters. The van der Waals surface area contributed by atoms with Crippen molar-refractivity contribution in [2.24, 2.45) is 0 Å². The molecule has 0 spiro atoms. The Hall–Kier alpha value is -1.63. The number of aromatic nitrogens is 1. The van der Waals surface area contributed by atoms with Crippen LogP contribution in [0, 0.1) is 0 Å². The number of rotatable bonds is 5. The molecule has 1 aliphatic heterocycles. The standard InChI is InChI=1S/C14H21N3O3S/c1-3-17(4-2)14(18)13-9-11(5-7-15-13)16-12-6-8-21(19,20)10-12/h5,7,9,12H,3-4,6,8,10H2,1-2H3,(H,15,16). The van der Waals surface area contributed by atoms with E-state index in [2.05, 4.69) is 10.3 Å². The van der Waals surface area contributed by atoms with E-state index in [-0.39, 0.29) is 23.5 Å². The van der Waals surface area contributed by atoms with Crippen LogP contribution in [-0.4, -0.2) is 54.8 Å². The zero-order valence-corrected chi connectivity index (χ0v) is 13.2. The van der Waals surface area contributed by atoms with Gasteiger partial charge in [-0.15, -0.1) is 0 Å². The molecule has 2 heterocycles. The normalized spacial score (nSPS) is 20.2. The van der Waals surface area contributed by atoms with Crippen LogP contribution in [-0.2, 0) is 9.84 Å². The first-order valence-electron chi connectivity index (χ1n) is 7.17. The highest BCUT2D eigenvalue weighted by molar-refractivity contribution is 7.91. The van der Waals surface area contributed by atoms with Gasteiger partial charge in [0.05, 0.1) is 11.5 Å². The van der Waals surface area contributed by atoms with Gasteiger partial charge in [-0.2, -0.15) is 0 Å². The molecule has 1 amide bonds. The first kappa shape index (κ1) is 15.8. The number of pyridine rings is 1. The molecular weight excluding hydrogens is 290 g/mol. The fourth-order valence-corrected chi connectivity index (χ4v) is 4.13. The van der Waals surface area contributed by atoms with Gasteiger partial charge in [-0.05, 0) is 32.4 Å². The van der Waals surface area contributed by atoms with E-state index < -0.39 is 9.84 Å². The lowest BCUT2D eigenvalue weighted by molar-refractivity contribution is 0.0767. The van der Waals surface area contributed by atoms with Crippen molar-refractivity contribution in [2.75, 3.05) is 29.9 Å². The summed E-state index contributed by atoms with van der Waals surface area (Å²) in [5, 5.41) is 3.18. The Kier molecular flexibility index (Phi) is 4.82. The van der Waals surface area contributed by atoms with Crippen molar-refractivity contribution < 1.29 is 13.2 Å². The number of carbonyl (C=O) groups is 1. The van der Waals surface area contributed by atoms with E-state index in [1.807, 2.05) is 13.8 Å². The second-order valence-electron chi connectivity index (χ2n) is 5.15. The third-order valence-electron chi connectivity index (χ3n) is 3.63. The maximum Gasteiger partial charge on any atom is 0.272 e. The lowest BCUT2D eigenvalue weighted by Crippen LogP contribution is -2.31. The Morgan fingerprint density at radius 1 is 1.43 bits per heavy atom. The van der Waals surface area contributed by atoms with E-state index in [0.29, 0.717) is 25.2 Å². The summed E-state index contributed by atoms with van der Waals surface area (Å²) in [5.74, 6) is 0.262. The van der Waals surface area contributed by atoms with Gasteiger partial charge in [0.2, 0.25) is 0 Å². The minimum absolute atomic E-state index is 0.0891. The van der Waals surface area contributed by atoms with Crippen molar-refractivity contribution >= 4 is 21.4 Å². The molecule has 0 aliphatic carbocycles. The van der Waals surface area contributed by atoms with Crippen LogP contribution < -0.4 is 5.32 Å². The van der Waals surface area contributed by atoms with Crippen LogP contribution >= 0.6 is 0 Å². The third kappa shape index (κ3) is 3.93. The monoisotopic (exact) mass is 311 g/mol. The number of nitrogens with zero attached hydrogens (tertiary/aromatic N) is 2. The summed E-state index contributed by atoms with van der Waals surface area (Å²) in [4.78, 5) is 18.0. The van der Waals surface area contributed by atoms with Crippen LogP contribution in [0.5, 0.6) is 0 Å². The first-order chi connectivity index (χ1) is 9.95. The molecule has 2 rings (SSSR count). The molecule has 1 aromatic heterocycles. The Labute approximate surface area is 125 Å². The zero-order chi connectivity index (χ0) is 15.5. The van der Waals surface area contributed by atoms with E-state index in [1.165, 1.54) is 0 Å². The molecule has 1 fully saturated rings. The lowest BCUT2D eigenvalue weighted by atomic mass is 10.2. The predicted molar refractivity (Wildman–Crippen MR) is 82.2 cm³/mol. The average Bonchev–Trinajstić information content (AvgIpc) is 2.79. The predicted octanol–water partition coefficient (Wildman–Crippen LogP) is 1.16. The molecular formula is C14H21N3O3S. The van der Waals surface area contributed by atoms with Crippen LogP contribution in [0.1, 0.15) is 30.8 Å². The maximum atomic E-state index is 12.2. The molecule has 0 saturated carbocycles. The van der Waals surface area contributed by atoms with Crippen molar-refractivity contribution in [3.63, 3.8) is 0 Å². The maximum absolute atomic E-state index is 12.2. The van der Waals surface area contributed by atoms with Crippen LogP contribution in [0.15, 0.2) is 18.3 Å². The SMILES string of the molecule is CCN(CC)C(=O)c1cc(NC2CCS(=O)(=O)C2)ccn1. The summed E-state index contributed by atoms with van der Waals surface area (Å²) in [6.45, 7) is 5.12. The Morgan fingerprint density at radius 2 is 2.14 bits per heavy atom. The second-order valence-corrected chi connectivity index (χ2v) is 7.38. The minimum atomic E-state index is -2.92. The Morgan fingerprint density at radius 3 is 2.71 bits per heavy atom. The van der Waals surface area contributed by atoms with Crippen molar-refractivity contribution in [1.29, 1.82) is 0 Å². The van der Waals surface area contributed by atoms with Gasteiger partial charge in [-0.3, -0.25) is 9.78 Å². The molecule has 1 aromatic rings. The van der Waals surface area contributed by atoms with Gasteiger partial charge >= 0.3 is 0 Å². The van der Waals surface area contributed by atoms with Crippen molar-refractivity contribution in [2.45, 2.75) is 26.3 Å². The smallest absolute Gasteiger partial charge is 0.272 e. The highest BCUT2D eigenvalue weighted by Gasteiger charge is 2.27. The highest BCUT2D eigenvalue weighted by atomic mass is 32.2. The Bertz CT molecular complexity index is 612. The molecule has 0 aromatic carbocycles. The van der Waals surface area contributed by atoms with Crippen LogP contribution in [0.3, 0.4) is 0 Å². The molecule has 0 bridgehead atoms. The summed E-state index contributed by atoms with van der Waals surface area (Å²) in [6, 6.07) is 3.35. The lowest BCUT2D eigenvalue weighted by Gasteiger charge is -2.19. The van der Waals surface area contributed by atoms with Crippen LogP contribution in [0.25, 0.3) is 0 Å². The number of sulfone groups is 1. The molecule has 0 radical (unpaired) electrons. The number of hydrogen-bond donors (Lipinski definition) is 1. The highest BCUT2D eigenvalue weighted by Crippen LogP contribution is 2.18. The van der Waals surface area contributed by atoms with Crippen molar-refractivity contribution in [3.05, 3.63) is 24.0 Å². The summed E-state index contributed by atoms with van der Waals surface area (Å²) in [5.41, 5.74) is 1.12. The zero-order valence-electron chi connectivity index (χ0n) is 12.4. The van der Waals surface area contributed by atoms with Crippen molar-refractivity contribution in [1.82, 2.24) is 9.88 Å². The van der Waals surface area contributed by atoms with Gasteiger partial charge in [0.15, 0.2) is 9.84 Å². The first-order valence-corrected chi connectivity index (χ1v) is 8.99. The van der Waals surface area contributed by atoms with Crippen LogP contribution in [0.4, 0.5) is 5.69 Å². The number of amides is 1. The summed E-state index contributed by atoms with van der Waals surface area (Å²) >= 11 is 0. The van der Waals surface area contributed by atoms with Gasteiger partial charge in [0.1, 0.15) is 5.69 Å². The average molecular weight is 311 g/mol. The van der Waals surface area contributed by atoms with E-state index in [4.69, 9.17) is 0 Å². The largest absolute Gasteiger partial charge is 0.381 e. The fourth-order valence-electron chi connectivity index (χ4n) is 2.45. The summed E-state index contributed by atoms with van der Waals surface area (Å²) < 4.78 is 22.9. The van der Waals surface area contributed by atoms with E-state index >= 15 is 0 Å². The summed E-state index contributed by atoms with van der Waals surface area (Å²) in [7, 11) is -2.92. The fraction of sp³-hybridized carbons (Fsp3) is 0.571. The minimum Gasteiger partial charge on any atom is -0.381 e. The van der Waals surface area contributed by atoms with E-state index in [1.54, 1.807) is 23.2 Å². The molecule has 1 aliphatic rings. The van der Waals surface area contributed by atoms with E-state index in [9.17, 15) is 13.2 Å². The van der Waals surface area contributed by atoms with Gasteiger partial charge < -0.3 is 10.2 Å². The number of nitrogens with one attached hydrogen (secondary N) is 1. The quantitative estimate of drug-likeness (QED) is 0.883. The van der Waals surface area contributed by atoms with E-state index in [0.717, 1.165) is 5.69 Å². The molecule has 116 valence electrons. The van der Waals surface area contributed by atoms with Crippen molar-refractivity contribution in [3.8, 4) is 0 Å². The third-order valence-corrected chi connectivity index (χ3v) is 5.40.